The molecule has 0 aliphatic heterocycles. The summed E-state index contributed by atoms with van der Waals surface area (Å²) in [6.45, 7) is 2.79. The van der Waals surface area contributed by atoms with Crippen LogP contribution in [0.1, 0.15) is 17.7 Å². The number of aryl methyl sites for hydroxylation is 2. The molecule has 5 nitrogen and oxygen atoms in total. The molecule has 0 unspecified atom stereocenters. The van der Waals surface area contributed by atoms with Gasteiger partial charge in [0.15, 0.2) is 0 Å². The minimum atomic E-state index is 0.635. The molecule has 0 aliphatic carbocycles. The van der Waals surface area contributed by atoms with Crippen molar-refractivity contribution in [3.63, 3.8) is 0 Å². The van der Waals surface area contributed by atoms with E-state index in [9.17, 15) is 0 Å². The molecule has 26 heavy (non-hydrogen) atoms. The van der Waals surface area contributed by atoms with E-state index in [1.54, 1.807) is 7.11 Å². The minimum absolute atomic E-state index is 0.635. The molecule has 2 N–H and O–H groups in total. The highest BCUT2D eigenvalue weighted by molar-refractivity contribution is 5.64. The predicted molar refractivity (Wildman–Crippen MR) is 106 cm³/mol. The monoisotopic (exact) mass is 348 g/mol. The van der Waals surface area contributed by atoms with Gasteiger partial charge in [0.05, 0.1) is 12.8 Å². The number of rotatable bonds is 8. The zero-order valence-corrected chi connectivity index (χ0v) is 15.2. The van der Waals surface area contributed by atoms with E-state index in [2.05, 4.69) is 44.9 Å². The van der Waals surface area contributed by atoms with Crippen LogP contribution >= 0.6 is 0 Å². The third-order valence-electron chi connectivity index (χ3n) is 3.99. The Morgan fingerprint density at radius 3 is 2.54 bits per heavy atom. The summed E-state index contributed by atoms with van der Waals surface area (Å²) in [5, 5.41) is 6.62. The van der Waals surface area contributed by atoms with Crippen LogP contribution in [0, 0.1) is 6.92 Å². The number of hydrogen-bond acceptors (Lipinski definition) is 5. The third-order valence-corrected chi connectivity index (χ3v) is 3.99. The van der Waals surface area contributed by atoms with Gasteiger partial charge in [-0.15, -0.1) is 0 Å². The lowest BCUT2D eigenvalue weighted by molar-refractivity contribution is 0.417. The van der Waals surface area contributed by atoms with Gasteiger partial charge in [-0.1, -0.05) is 42.5 Å². The lowest BCUT2D eigenvalue weighted by Gasteiger charge is -2.12. The molecule has 0 saturated heterocycles. The van der Waals surface area contributed by atoms with Gasteiger partial charge < -0.3 is 15.4 Å². The van der Waals surface area contributed by atoms with E-state index in [1.807, 2.05) is 43.3 Å². The summed E-state index contributed by atoms with van der Waals surface area (Å²) in [6, 6.07) is 20.2. The van der Waals surface area contributed by atoms with Crippen molar-refractivity contribution < 1.29 is 4.74 Å². The fourth-order valence-electron chi connectivity index (χ4n) is 2.73. The maximum atomic E-state index is 5.38. The zero-order chi connectivity index (χ0) is 18.2. The maximum absolute atomic E-state index is 5.38. The molecule has 5 heteroatoms. The van der Waals surface area contributed by atoms with Gasteiger partial charge in [0, 0.05) is 18.3 Å². The second-order valence-corrected chi connectivity index (χ2v) is 6.06. The maximum Gasteiger partial charge on any atom is 0.224 e. The van der Waals surface area contributed by atoms with E-state index >= 15 is 0 Å². The minimum Gasteiger partial charge on any atom is -0.495 e. The summed E-state index contributed by atoms with van der Waals surface area (Å²) in [5.41, 5.74) is 3.13. The summed E-state index contributed by atoms with van der Waals surface area (Å²) in [4.78, 5) is 9.03. The van der Waals surface area contributed by atoms with Crippen LogP contribution in [0.15, 0.2) is 60.7 Å². The molecule has 0 bridgehead atoms. The summed E-state index contributed by atoms with van der Waals surface area (Å²) >= 11 is 0. The number of nitrogens with one attached hydrogen (secondary N) is 2. The predicted octanol–water partition coefficient (Wildman–Crippen LogP) is 4.58. The van der Waals surface area contributed by atoms with Crippen LogP contribution in [0.5, 0.6) is 5.75 Å². The van der Waals surface area contributed by atoms with Gasteiger partial charge in [-0.05, 0) is 37.5 Å². The molecule has 1 aromatic heterocycles. The Kier molecular flexibility index (Phi) is 6.04. The van der Waals surface area contributed by atoms with Crippen molar-refractivity contribution in [1.82, 2.24) is 9.97 Å². The molecular formula is C21H24N4O. The Labute approximate surface area is 154 Å². The Morgan fingerprint density at radius 2 is 1.73 bits per heavy atom. The number of benzene rings is 2. The zero-order valence-electron chi connectivity index (χ0n) is 15.2. The Hall–Kier alpha value is -3.08. The normalized spacial score (nSPS) is 10.4. The molecule has 0 amide bonds. The molecule has 3 aromatic rings. The summed E-state index contributed by atoms with van der Waals surface area (Å²) in [6.07, 6.45) is 2.06. The van der Waals surface area contributed by atoms with Gasteiger partial charge in [-0.2, -0.15) is 4.98 Å². The van der Waals surface area contributed by atoms with Crippen molar-refractivity contribution in [2.75, 3.05) is 24.3 Å². The highest BCUT2D eigenvalue weighted by Crippen LogP contribution is 2.26. The number of ether oxygens (including phenoxy) is 1. The average Bonchev–Trinajstić information content (AvgIpc) is 2.66. The molecule has 0 fully saturated rings. The van der Waals surface area contributed by atoms with Crippen LogP contribution in [0.4, 0.5) is 17.5 Å². The van der Waals surface area contributed by atoms with Gasteiger partial charge in [0.25, 0.3) is 0 Å². The number of methoxy groups -OCH3 is 1. The number of hydrogen-bond donors (Lipinski definition) is 2. The van der Waals surface area contributed by atoms with Crippen LogP contribution in [-0.2, 0) is 6.42 Å². The first-order valence-electron chi connectivity index (χ1n) is 8.78. The molecule has 134 valence electrons. The Balaban J connectivity index is 1.60. The summed E-state index contributed by atoms with van der Waals surface area (Å²) in [7, 11) is 1.66. The average molecular weight is 348 g/mol. The lowest BCUT2D eigenvalue weighted by Crippen LogP contribution is -2.08. The topological polar surface area (TPSA) is 59.1 Å². The summed E-state index contributed by atoms with van der Waals surface area (Å²) in [5.74, 6) is 2.16. The quantitative estimate of drug-likeness (QED) is 0.584. The van der Waals surface area contributed by atoms with E-state index in [-0.39, 0.29) is 0 Å². The van der Waals surface area contributed by atoms with Crippen LogP contribution < -0.4 is 15.4 Å². The first-order valence-corrected chi connectivity index (χ1v) is 8.78. The van der Waals surface area contributed by atoms with Crippen LogP contribution in [0.2, 0.25) is 0 Å². The molecule has 0 radical (unpaired) electrons. The Morgan fingerprint density at radius 1 is 0.962 bits per heavy atom. The van der Waals surface area contributed by atoms with Crippen molar-refractivity contribution in [2.24, 2.45) is 0 Å². The van der Waals surface area contributed by atoms with Crippen molar-refractivity contribution in [1.29, 1.82) is 0 Å². The van der Waals surface area contributed by atoms with Gasteiger partial charge >= 0.3 is 0 Å². The molecule has 0 spiro atoms. The van der Waals surface area contributed by atoms with Crippen molar-refractivity contribution >= 4 is 17.5 Å². The smallest absolute Gasteiger partial charge is 0.224 e. The second-order valence-electron chi connectivity index (χ2n) is 6.06. The van der Waals surface area contributed by atoms with E-state index in [4.69, 9.17) is 4.74 Å². The number of aromatic nitrogens is 2. The fourth-order valence-corrected chi connectivity index (χ4v) is 2.73. The number of para-hydroxylation sites is 2. The molecular weight excluding hydrogens is 324 g/mol. The molecule has 0 aliphatic rings. The fraction of sp³-hybridized carbons (Fsp3) is 0.238. The van der Waals surface area contributed by atoms with Gasteiger partial charge in [-0.3, -0.25) is 0 Å². The van der Waals surface area contributed by atoms with E-state index in [1.165, 1.54) is 5.56 Å². The lowest BCUT2D eigenvalue weighted by atomic mass is 10.1. The largest absolute Gasteiger partial charge is 0.495 e. The van der Waals surface area contributed by atoms with Crippen LogP contribution in [0.25, 0.3) is 0 Å². The molecule has 3 rings (SSSR count). The van der Waals surface area contributed by atoms with E-state index in [0.717, 1.165) is 42.3 Å². The van der Waals surface area contributed by atoms with Crippen molar-refractivity contribution in [3.05, 3.63) is 71.9 Å². The van der Waals surface area contributed by atoms with E-state index < -0.39 is 0 Å². The van der Waals surface area contributed by atoms with Gasteiger partial charge in [0.2, 0.25) is 5.95 Å². The standard InChI is InChI=1S/C21H24N4O/c1-16-15-20(24-18-12-6-7-13-19(18)26-2)25-21(23-16)22-14-8-11-17-9-4-3-5-10-17/h3-7,9-10,12-13,15H,8,11,14H2,1-2H3,(H2,22,23,24,25). The van der Waals surface area contributed by atoms with Crippen molar-refractivity contribution in [3.8, 4) is 5.75 Å². The number of nitrogens with zero attached hydrogens (tertiary/aromatic N) is 2. The highest BCUT2D eigenvalue weighted by Gasteiger charge is 2.06. The van der Waals surface area contributed by atoms with Gasteiger partial charge in [-0.25, -0.2) is 4.98 Å². The summed E-state index contributed by atoms with van der Waals surface area (Å²) < 4.78 is 5.38. The van der Waals surface area contributed by atoms with Gasteiger partial charge in [0.1, 0.15) is 11.6 Å². The second kappa shape index (κ2) is 8.85. The molecule has 1 heterocycles. The van der Waals surface area contributed by atoms with Crippen molar-refractivity contribution in [2.45, 2.75) is 19.8 Å². The van der Waals surface area contributed by atoms with Crippen LogP contribution in [0.3, 0.4) is 0 Å². The first kappa shape index (κ1) is 17.7. The number of anilines is 3. The Bertz CT molecular complexity index is 836. The molecule has 0 atom stereocenters. The molecule has 0 saturated carbocycles. The third kappa shape index (κ3) is 4.96. The van der Waals surface area contributed by atoms with Crippen LogP contribution in [-0.4, -0.2) is 23.6 Å². The SMILES string of the molecule is COc1ccccc1Nc1cc(C)nc(NCCCc2ccccc2)n1. The highest BCUT2D eigenvalue weighted by atomic mass is 16.5. The van der Waals surface area contributed by atoms with E-state index in [0.29, 0.717) is 5.95 Å². The first-order chi connectivity index (χ1) is 12.7. The molecule has 2 aromatic carbocycles.